The summed E-state index contributed by atoms with van der Waals surface area (Å²) in [5, 5.41) is 3.54. The van der Waals surface area contributed by atoms with Crippen molar-refractivity contribution in [2.75, 3.05) is 26.2 Å². The number of hydrogen-bond donors (Lipinski definition) is 1. The molecule has 0 aromatic rings. The van der Waals surface area contributed by atoms with Crippen molar-refractivity contribution in [3.05, 3.63) is 12.2 Å². The monoisotopic (exact) mass is 196 g/mol. The van der Waals surface area contributed by atoms with Crippen molar-refractivity contribution < 1.29 is 0 Å². The zero-order valence-electron chi connectivity index (χ0n) is 9.68. The number of likely N-dealkylation sites (N-methyl/N-ethyl adjacent to an activating group) is 1. The van der Waals surface area contributed by atoms with Crippen LogP contribution in [0.4, 0.5) is 0 Å². The van der Waals surface area contributed by atoms with Gasteiger partial charge in [0.15, 0.2) is 0 Å². The molecule has 1 atom stereocenters. The van der Waals surface area contributed by atoms with Gasteiger partial charge in [0.1, 0.15) is 0 Å². The Labute approximate surface area is 88.4 Å². The summed E-state index contributed by atoms with van der Waals surface area (Å²) in [7, 11) is 0. The highest BCUT2D eigenvalue weighted by Gasteiger charge is 2.16. The molecule has 2 nitrogen and oxygen atoms in total. The Morgan fingerprint density at radius 1 is 1.50 bits per heavy atom. The van der Waals surface area contributed by atoms with Crippen molar-refractivity contribution in [2.45, 2.75) is 39.2 Å². The first kappa shape index (κ1) is 11.7. The van der Waals surface area contributed by atoms with Gasteiger partial charge in [-0.1, -0.05) is 26.0 Å². The minimum absolute atomic E-state index is 0.722. The molecule has 1 aliphatic heterocycles. The van der Waals surface area contributed by atoms with Crippen molar-refractivity contribution in [3.63, 3.8) is 0 Å². The largest absolute Gasteiger partial charge is 0.313 e. The Morgan fingerprint density at radius 2 is 2.29 bits per heavy atom. The zero-order chi connectivity index (χ0) is 10.4. The fraction of sp³-hybridized carbons (Fsp3) is 0.833. The van der Waals surface area contributed by atoms with Crippen molar-refractivity contribution in [1.82, 2.24) is 10.2 Å². The van der Waals surface area contributed by atoms with Crippen molar-refractivity contribution in [1.29, 1.82) is 0 Å². The summed E-state index contributed by atoms with van der Waals surface area (Å²) in [6.07, 6.45) is 3.79. The van der Waals surface area contributed by atoms with Crippen LogP contribution in [0.3, 0.4) is 0 Å². The molecule has 0 aromatic heterocycles. The molecule has 1 heterocycles. The van der Waals surface area contributed by atoms with E-state index in [0.717, 1.165) is 25.6 Å². The van der Waals surface area contributed by atoms with E-state index < -0.39 is 0 Å². The standard InChI is InChI=1S/C12H24N2/c1-4-11(3)9-14(5-2)10-12-7-6-8-13-12/h12-13H,3-10H2,1-2H3. The lowest BCUT2D eigenvalue weighted by atomic mass is 10.2. The molecular formula is C12H24N2. The molecule has 0 spiro atoms. The minimum Gasteiger partial charge on any atom is -0.313 e. The van der Waals surface area contributed by atoms with Gasteiger partial charge in [0.05, 0.1) is 0 Å². The topological polar surface area (TPSA) is 15.3 Å². The zero-order valence-corrected chi connectivity index (χ0v) is 9.68. The fourth-order valence-electron chi connectivity index (χ4n) is 1.96. The lowest BCUT2D eigenvalue weighted by Gasteiger charge is -2.24. The van der Waals surface area contributed by atoms with Gasteiger partial charge < -0.3 is 5.32 Å². The summed E-state index contributed by atoms with van der Waals surface area (Å²) in [6, 6.07) is 0.722. The molecule has 0 saturated carbocycles. The second kappa shape index (κ2) is 6.20. The number of hydrogen-bond acceptors (Lipinski definition) is 2. The van der Waals surface area contributed by atoms with Crippen molar-refractivity contribution in [2.24, 2.45) is 0 Å². The summed E-state index contributed by atoms with van der Waals surface area (Å²) < 4.78 is 0. The van der Waals surface area contributed by atoms with Gasteiger partial charge in [-0.3, -0.25) is 4.90 Å². The third-order valence-corrected chi connectivity index (χ3v) is 3.04. The summed E-state index contributed by atoms with van der Waals surface area (Å²) in [5.74, 6) is 0. The van der Waals surface area contributed by atoms with Gasteiger partial charge >= 0.3 is 0 Å². The van der Waals surface area contributed by atoms with Crippen molar-refractivity contribution in [3.8, 4) is 0 Å². The third kappa shape index (κ3) is 3.81. The van der Waals surface area contributed by atoms with Crippen LogP contribution in [0.15, 0.2) is 12.2 Å². The van der Waals surface area contributed by atoms with Crippen LogP contribution in [0.2, 0.25) is 0 Å². The highest BCUT2D eigenvalue weighted by Crippen LogP contribution is 2.08. The van der Waals surface area contributed by atoms with Gasteiger partial charge in [0.2, 0.25) is 0 Å². The van der Waals surface area contributed by atoms with Crippen LogP contribution in [0.1, 0.15) is 33.1 Å². The van der Waals surface area contributed by atoms with E-state index in [1.54, 1.807) is 0 Å². The summed E-state index contributed by atoms with van der Waals surface area (Å²) in [5.41, 5.74) is 1.35. The summed E-state index contributed by atoms with van der Waals surface area (Å²) >= 11 is 0. The maximum atomic E-state index is 4.07. The average Bonchev–Trinajstić information content (AvgIpc) is 2.69. The molecule has 14 heavy (non-hydrogen) atoms. The molecule has 1 fully saturated rings. The van der Waals surface area contributed by atoms with Crippen LogP contribution in [-0.4, -0.2) is 37.1 Å². The highest BCUT2D eigenvalue weighted by molar-refractivity contribution is 4.96. The van der Waals surface area contributed by atoms with Gasteiger partial charge in [0.25, 0.3) is 0 Å². The van der Waals surface area contributed by atoms with Gasteiger partial charge in [-0.15, -0.1) is 0 Å². The summed E-state index contributed by atoms with van der Waals surface area (Å²) in [6.45, 7) is 13.1. The fourth-order valence-corrected chi connectivity index (χ4v) is 1.96. The number of nitrogens with one attached hydrogen (secondary N) is 1. The van der Waals surface area contributed by atoms with E-state index in [0.29, 0.717) is 0 Å². The molecule has 1 unspecified atom stereocenters. The van der Waals surface area contributed by atoms with Gasteiger partial charge in [-0.05, 0) is 32.4 Å². The molecular weight excluding hydrogens is 172 g/mol. The lowest BCUT2D eigenvalue weighted by molar-refractivity contribution is 0.280. The SMILES string of the molecule is C=C(CC)CN(CC)CC1CCCN1. The molecule has 0 bridgehead atoms. The Bertz CT molecular complexity index is 171. The van der Waals surface area contributed by atoms with E-state index >= 15 is 0 Å². The van der Waals surface area contributed by atoms with E-state index in [1.165, 1.54) is 31.5 Å². The van der Waals surface area contributed by atoms with Crippen LogP contribution >= 0.6 is 0 Å². The Balaban J connectivity index is 2.26. The van der Waals surface area contributed by atoms with E-state index in [4.69, 9.17) is 0 Å². The maximum Gasteiger partial charge on any atom is 0.0195 e. The first-order chi connectivity index (χ1) is 6.76. The van der Waals surface area contributed by atoms with Crippen LogP contribution in [0.5, 0.6) is 0 Å². The molecule has 0 aromatic carbocycles. The van der Waals surface area contributed by atoms with E-state index in [1.807, 2.05) is 0 Å². The average molecular weight is 196 g/mol. The quantitative estimate of drug-likeness (QED) is 0.654. The van der Waals surface area contributed by atoms with Crippen LogP contribution in [-0.2, 0) is 0 Å². The second-order valence-corrected chi connectivity index (χ2v) is 4.22. The van der Waals surface area contributed by atoms with Crippen molar-refractivity contribution >= 4 is 0 Å². The first-order valence-corrected chi connectivity index (χ1v) is 5.88. The van der Waals surface area contributed by atoms with E-state index in [-0.39, 0.29) is 0 Å². The Morgan fingerprint density at radius 3 is 2.79 bits per heavy atom. The summed E-state index contributed by atoms with van der Waals surface area (Å²) in [4.78, 5) is 2.49. The Hall–Kier alpha value is -0.340. The molecule has 0 amide bonds. The predicted molar refractivity (Wildman–Crippen MR) is 62.6 cm³/mol. The first-order valence-electron chi connectivity index (χ1n) is 5.88. The van der Waals surface area contributed by atoms with Gasteiger partial charge in [-0.25, -0.2) is 0 Å². The minimum atomic E-state index is 0.722. The molecule has 1 rings (SSSR count). The molecule has 2 heteroatoms. The molecule has 1 aliphatic rings. The van der Waals surface area contributed by atoms with Crippen LogP contribution < -0.4 is 5.32 Å². The van der Waals surface area contributed by atoms with Crippen LogP contribution in [0.25, 0.3) is 0 Å². The maximum absolute atomic E-state index is 4.07. The molecule has 82 valence electrons. The van der Waals surface area contributed by atoms with Gasteiger partial charge in [0, 0.05) is 19.1 Å². The van der Waals surface area contributed by atoms with Crippen LogP contribution in [0, 0.1) is 0 Å². The predicted octanol–water partition coefficient (Wildman–Crippen LogP) is 2.03. The van der Waals surface area contributed by atoms with E-state index in [2.05, 4.69) is 30.6 Å². The normalized spacial score (nSPS) is 21.8. The second-order valence-electron chi connectivity index (χ2n) is 4.22. The number of rotatable bonds is 6. The molecule has 1 saturated heterocycles. The highest BCUT2D eigenvalue weighted by atomic mass is 15.1. The molecule has 0 aliphatic carbocycles. The van der Waals surface area contributed by atoms with Gasteiger partial charge in [-0.2, -0.15) is 0 Å². The Kier molecular flexibility index (Phi) is 5.20. The third-order valence-electron chi connectivity index (χ3n) is 3.04. The van der Waals surface area contributed by atoms with E-state index in [9.17, 15) is 0 Å². The lowest BCUT2D eigenvalue weighted by Crippen LogP contribution is -2.38. The molecule has 1 N–H and O–H groups in total. The molecule has 0 radical (unpaired) electrons. The number of nitrogens with zero attached hydrogens (tertiary/aromatic N) is 1. The smallest absolute Gasteiger partial charge is 0.0195 e.